The summed E-state index contributed by atoms with van der Waals surface area (Å²) >= 11 is 0. The highest BCUT2D eigenvalue weighted by Crippen LogP contribution is 2.15. The number of nitrogens with one attached hydrogen (secondary N) is 1. The lowest BCUT2D eigenvalue weighted by Crippen LogP contribution is -2.14. The van der Waals surface area contributed by atoms with Crippen LogP contribution in [-0.2, 0) is 0 Å². The van der Waals surface area contributed by atoms with Crippen molar-refractivity contribution in [3.8, 4) is 5.69 Å². The van der Waals surface area contributed by atoms with Crippen LogP contribution in [0.15, 0.2) is 36.7 Å². The molecular weight excluding hydrogens is 260 g/mol. The van der Waals surface area contributed by atoms with Gasteiger partial charge in [-0.2, -0.15) is 15.0 Å². The van der Waals surface area contributed by atoms with Gasteiger partial charge in [-0.05, 0) is 37.6 Å². The van der Waals surface area contributed by atoms with Gasteiger partial charge in [0.1, 0.15) is 0 Å². The average Bonchev–Trinajstić information content (AvgIpc) is 3.02. The van der Waals surface area contributed by atoms with E-state index in [0.29, 0.717) is 6.04 Å². The topological polar surface area (TPSA) is 42.7 Å². The second kappa shape index (κ2) is 8.45. The molecule has 2 aromatic rings. The monoisotopic (exact) mass is 286 g/mol. The predicted octanol–water partition coefficient (Wildman–Crippen LogP) is 4.43. The Hall–Kier alpha value is -1.84. The Kier molecular flexibility index (Phi) is 6.25. The van der Waals surface area contributed by atoms with Crippen molar-refractivity contribution < 1.29 is 0 Å². The van der Waals surface area contributed by atoms with E-state index >= 15 is 0 Å². The molecule has 114 valence electrons. The maximum atomic E-state index is 4.13. The highest BCUT2D eigenvalue weighted by molar-refractivity contribution is 5.48. The van der Waals surface area contributed by atoms with Crippen LogP contribution in [-0.4, -0.2) is 21.0 Å². The summed E-state index contributed by atoms with van der Waals surface area (Å²) < 4.78 is 0. The van der Waals surface area contributed by atoms with Gasteiger partial charge in [0.05, 0.1) is 18.1 Å². The van der Waals surface area contributed by atoms with Crippen molar-refractivity contribution in [2.24, 2.45) is 0 Å². The van der Waals surface area contributed by atoms with Crippen LogP contribution in [0.25, 0.3) is 5.69 Å². The second-order valence-corrected chi connectivity index (χ2v) is 5.61. The van der Waals surface area contributed by atoms with E-state index in [1.54, 1.807) is 17.2 Å². The number of nitrogens with zero attached hydrogens (tertiary/aromatic N) is 3. The van der Waals surface area contributed by atoms with Crippen molar-refractivity contribution in [1.29, 1.82) is 0 Å². The summed E-state index contributed by atoms with van der Waals surface area (Å²) in [6.07, 6.45) is 11.3. The number of benzene rings is 1. The Morgan fingerprint density at radius 1 is 1.00 bits per heavy atom. The number of aromatic nitrogens is 3. The third kappa shape index (κ3) is 5.21. The van der Waals surface area contributed by atoms with Crippen LogP contribution in [0.4, 0.5) is 5.69 Å². The first-order valence-corrected chi connectivity index (χ1v) is 8.03. The minimum atomic E-state index is 0.514. The van der Waals surface area contributed by atoms with Gasteiger partial charge in [-0.25, -0.2) is 0 Å². The molecule has 0 saturated carbocycles. The van der Waals surface area contributed by atoms with Crippen LogP contribution in [0.1, 0.15) is 52.4 Å². The molecule has 1 heterocycles. The minimum absolute atomic E-state index is 0.514. The zero-order chi connectivity index (χ0) is 14.9. The molecule has 0 saturated heterocycles. The van der Waals surface area contributed by atoms with Crippen LogP contribution in [0.3, 0.4) is 0 Å². The maximum Gasteiger partial charge on any atom is 0.0858 e. The molecule has 1 aromatic heterocycles. The number of hydrogen-bond donors (Lipinski definition) is 1. The zero-order valence-electron chi connectivity index (χ0n) is 13.1. The smallest absolute Gasteiger partial charge is 0.0858 e. The van der Waals surface area contributed by atoms with E-state index in [-0.39, 0.29) is 0 Å². The van der Waals surface area contributed by atoms with E-state index < -0.39 is 0 Å². The largest absolute Gasteiger partial charge is 0.383 e. The molecule has 0 aliphatic carbocycles. The van der Waals surface area contributed by atoms with Crippen molar-refractivity contribution in [2.75, 3.05) is 5.32 Å². The van der Waals surface area contributed by atoms with E-state index in [1.165, 1.54) is 38.5 Å². The van der Waals surface area contributed by atoms with Gasteiger partial charge in [-0.3, -0.25) is 0 Å². The minimum Gasteiger partial charge on any atom is -0.383 e. The van der Waals surface area contributed by atoms with Crippen LogP contribution in [0, 0.1) is 0 Å². The molecule has 0 fully saturated rings. The summed E-state index contributed by atoms with van der Waals surface area (Å²) in [6.45, 7) is 4.51. The van der Waals surface area contributed by atoms with Crippen LogP contribution < -0.4 is 5.32 Å². The van der Waals surface area contributed by atoms with E-state index in [0.717, 1.165) is 11.4 Å². The normalized spacial score (nSPS) is 12.3. The summed E-state index contributed by atoms with van der Waals surface area (Å²) in [5.41, 5.74) is 2.14. The molecule has 0 spiro atoms. The van der Waals surface area contributed by atoms with Crippen LogP contribution in [0.5, 0.6) is 0 Å². The van der Waals surface area contributed by atoms with E-state index in [1.807, 2.05) is 12.1 Å². The molecular formula is C17H26N4. The quantitative estimate of drug-likeness (QED) is 0.693. The standard InChI is InChI=1S/C17H26N4/c1-3-4-5-6-7-8-15(2)20-16-9-11-17(12-10-16)21-18-13-14-19-21/h9-15,20H,3-8H2,1-2H3. The third-order valence-electron chi connectivity index (χ3n) is 3.67. The first-order chi connectivity index (χ1) is 10.3. The lowest BCUT2D eigenvalue weighted by molar-refractivity contribution is 0.578. The summed E-state index contributed by atoms with van der Waals surface area (Å²) in [4.78, 5) is 1.63. The molecule has 1 aromatic carbocycles. The molecule has 1 N–H and O–H groups in total. The van der Waals surface area contributed by atoms with Gasteiger partial charge in [0, 0.05) is 11.7 Å². The van der Waals surface area contributed by atoms with Crippen molar-refractivity contribution in [1.82, 2.24) is 15.0 Å². The molecule has 0 aliphatic heterocycles. The molecule has 1 unspecified atom stereocenters. The third-order valence-corrected chi connectivity index (χ3v) is 3.67. The maximum absolute atomic E-state index is 4.13. The molecule has 0 amide bonds. The second-order valence-electron chi connectivity index (χ2n) is 5.61. The molecule has 0 bridgehead atoms. The summed E-state index contributed by atoms with van der Waals surface area (Å²) in [5.74, 6) is 0. The zero-order valence-corrected chi connectivity index (χ0v) is 13.1. The van der Waals surface area contributed by atoms with Crippen LogP contribution in [0.2, 0.25) is 0 Å². The molecule has 2 rings (SSSR count). The van der Waals surface area contributed by atoms with Crippen molar-refractivity contribution in [2.45, 2.75) is 58.4 Å². The fourth-order valence-electron chi connectivity index (χ4n) is 2.45. The van der Waals surface area contributed by atoms with Gasteiger partial charge < -0.3 is 5.32 Å². The number of hydrogen-bond acceptors (Lipinski definition) is 3. The average molecular weight is 286 g/mol. The SMILES string of the molecule is CCCCCCCC(C)Nc1ccc(-n2nccn2)cc1. The van der Waals surface area contributed by atoms with Crippen LogP contribution >= 0.6 is 0 Å². The highest BCUT2D eigenvalue weighted by atomic mass is 15.5. The Balaban J connectivity index is 1.75. The first kappa shape index (κ1) is 15.5. The molecule has 0 aliphatic rings. The fraction of sp³-hybridized carbons (Fsp3) is 0.529. The van der Waals surface area contributed by atoms with E-state index in [4.69, 9.17) is 0 Å². The van der Waals surface area contributed by atoms with Gasteiger partial charge >= 0.3 is 0 Å². The number of unbranched alkanes of at least 4 members (excludes halogenated alkanes) is 4. The van der Waals surface area contributed by atoms with Gasteiger partial charge in [0.2, 0.25) is 0 Å². The summed E-state index contributed by atoms with van der Waals surface area (Å²) in [5, 5.41) is 11.8. The van der Waals surface area contributed by atoms with E-state index in [2.05, 4.69) is 41.5 Å². The lowest BCUT2D eigenvalue weighted by Gasteiger charge is -2.15. The predicted molar refractivity (Wildman–Crippen MR) is 87.8 cm³/mol. The molecule has 0 radical (unpaired) electrons. The highest BCUT2D eigenvalue weighted by Gasteiger charge is 2.03. The van der Waals surface area contributed by atoms with Crippen molar-refractivity contribution >= 4 is 5.69 Å². The molecule has 4 nitrogen and oxygen atoms in total. The lowest BCUT2D eigenvalue weighted by atomic mass is 10.1. The van der Waals surface area contributed by atoms with Crippen molar-refractivity contribution in [3.63, 3.8) is 0 Å². The number of anilines is 1. The van der Waals surface area contributed by atoms with Gasteiger partial charge in [-0.1, -0.05) is 39.0 Å². The Labute approximate surface area is 127 Å². The fourth-order valence-corrected chi connectivity index (χ4v) is 2.45. The Morgan fingerprint density at radius 3 is 2.33 bits per heavy atom. The first-order valence-electron chi connectivity index (χ1n) is 8.03. The molecule has 4 heteroatoms. The Morgan fingerprint density at radius 2 is 1.67 bits per heavy atom. The molecule has 21 heavy (non-hydrogen) atoms. The van der Waals surface area contributed by atoms with Gasteiger partial charge in [0.25, 0.3) is 0 Å². The Bertz CT molecular complexity index is 490. The van der Waals surface area contributed by atoms with Gasteiger partial charge in [0.15, 0.2) is 0 Å². The summed E-state index contributed by atoms with van der Waals surface area (Å²) in [6, 6.07) is 8.77. The summed E-state index contributed by atoms with van der Waals surface area (Å²) in [7, 11) is 0. The molecule has 1 atom stereocenters. The van der Waals surface area contributed by atoms with Crippen molar-refractivity contribution in [3.05, 3.63) is 36.7 Å². The van der Waals surface area contributed by atoms with Gasteiger partial charge in [-0.15, -0.1) is 0 Å². The number of rotatable bonds is 9. The van der Waals surface area contributed by atoms with E-state index in [9.17, 15) is 0 Å².